The van der Waals surface area contributed by atoms with Crippen LogP contribution in [-0.4, -0.2) is 28.8 Å². The van der Waals surface area contributed by atoms with E-state index < -0.39 is 0 Å². The molecule has 140 valence electrons. The monoisotopic (exact) mass is 368 g/mol. The Bertz CT molecular complexity index is 981. The fourth-order valence-electron chi connectivity index (χ4n) is 3.61. The van der Waals surface area contributed by atoms with Gasteiger partial charge in [-0.25, -0.2) is 0 Å². The topological polar surface area (TPSA) is 53.6 Å². The molecule has 1 aliphatic carbocycles. The lowest BCUT2D eigenvalue weighted by Crippen LogP contribution is -2.19. The van der Waals surface area contributed by atoms with Gasteiger partial charge in [-0.15, -0.1) is 0 Å². The zero-order valence-electron chi connectivity index (χ0n) is 16.0. The summed E-state index contributed by atoms with van der Waals surface area (Å²) < 4.78 is 0. The number of aromatic nitrogens is 3. The van der Waals surface area contributed by atoms with Gasteiger partial charge < -0.3 is 5.32 Å². The van der Waals surface area contributed by atoms with Crippen molar-refractivity contribution in [2.45, 2.75) is 12.3 Å². The van der Waals surface area contributed by atoms with E-state index in [2.05, 4.69) is 75.1 Å². The van der Waals surface area contributed by atoms with Gasteiger partial charge in [-0.1, -0.05) is 60.2 Å². The van der Waals surface area contributed by atoms with E-state index in [1.165, 1.54) is 22.3 Å². The van der Waals surface area contributed by atoms with Crippen LogP contribution in [-0.2, 0) is 0 Å². The molecule has 0 fully saturated rings. The third kappa shape index (κ3) is 4.02. The number of nitrogens with zero attached hydrogens (tertiary/aromatic N) is 2. The molecule has 28 heavy (non-hydrogen) atoms. The van der Waals surface area contributed by atoms with Gasteiger partial charge in [0.2, 0.25) is 0 Å². The Morgan fingerprint density at radius 2 is 1.93 bits per heavy atom. The Balaban J connectivity index is 1.61. The van der Waals surface area contributed by atoms with Gasteiger partial charge in [0.25, 0.3) is 0 Å². The lowest BCUT2D eigenvalue weighted by Gasteiger charge is -2.20. The highest BCUT2D eigenvalue weighted by molar-refractivity contribution is 5.75. The Morgan fingerprint density at radius 3 is 2.64 bits per heavy atom. The number of likely N-dealkylation sites (N-methyl/N-ethyl adjacent to an activating group) is 1. The molecule has 0 spiro atoms. The summed E-state index contributed by atoms with van der Waals surface area (Å²) in [5, 5.41) is 10.3. The predicted octanol–water partition coefficient (Wildman–Crippen LogP) is 4.74. The summed E-state index contributed by atoms with van der Waals surface area (Å²) in [4.78, 5) is 4.22. The van der Waals surface area contributed by atoms with E-state index in [4.69, 9.17) is 0 Å². The van der Waals surface area contributed by atoms with Crippen LogP contribution in [0.5, 0.6) is 0 Å². The highest BCUT2D eigenvalue weighted by atomic mass is 15.1. The number of benzene rings is 1. The van der Waals surface area contributed by atoms with E-state index in [1.807, 2.05) is 31.7 Å². The first-order valence-corrected chi connectivity index (χ1v) is 9.56. The van der Waals surface area contributed by atoms with Gasteiger partial charge in [0.05, 0.1) is 6.20 Å². The molecule has 4 rings (SSSR count). The molecular formula is C24H24N4. The number of rotatable bonds is 6. The molecule has 1 unspecified atom stereocenters. The Labute approximate surface area is 165 Å². The number of aromatic amines is 1. The van der Waals surface area contributed by atoms with E-state index in [0.717, 1.165) is 24.1 Å². The van der Waals surface area contributed by atoms with Crippen LogP contribution in [0.3, 0.4) is 0 Å². The third-order valence-corrected chi connectivity index (χ3v) is 5.12. The van der Waals surface area contributed by atoms with Gasteiger partial charge in [-0.3, -0.25) is 10.1 Å². The van der Waals surface area contributed by atoms with Gasteiger partial charge in [0, 0.05) is 36.6 Å². The molecule has 0 aliphatic heterocycles. The fourth-order valence-corrected chi connectivity index (χ4v) is 3.61. The number of nitrogens with one attached hydrogen (secondary N) is 2. The zero-order valence-corrected chi connectivity index (χ0v) is 16.0. The number of hydrogen-bond acceptors (Lipinski definition) is 3. The van der Waals surface area contributed by atoms with E-state index in [9.17, 15) is 0 Å². The number of pyridine rings is 1. The van der Waals surface area contributed by atoms with Gasteiger partial charge in [0.1, 0.15) is 0 Å². The van der Waals surface area contributed by atoms with Crippen molar-refractivity contribution in [1.82, 2.24) is 20.5 Å². The lowest BCUT2D eigenvalue weighted by atomic mass is 9.88. The van der Waals surface area contributed by atoms with Gasteiger partial charge >= 0.3 is 0 Å². The van der Waals surface area contributed by atoms with Crippen molar-refractivity contribution in [3.05, 3.63) is 102 Å². The second-order valence-corrected chi connectivity index (χ2v) is 6.93. The summed E-state index contributed by atoms with van der Waals surface area (Å²) in [5.74, 6) is 0.331. The van der Waals surface area contributed by atoms with Crippen LogP contribution in [0.1, 0.15) is 23.5 Å². The van der Waals surface area contributed by atoms with Gasteiger partial charge in [-0.05, 0) is 41.8 Å². The van der Waals surface area contributed by atoms with Crippen molar-refractivity contribution in [1.29, 1.82) is 0 Å². The molecule has 0 saturated carbocycles. The standard InChI is InChI=1S/C24H24N4/c1-25-17-24(20-5-2-4-18(7-10-20)23-15-27-28-16-23)21-11-8-19(9-12-21)22-6-3-13-26-14-22/h2-4,6-16,24-25H,5,17H2,1H3,(H,27,28). The molecule has 1 atom stereocenters. The third-order valence-electron chi connectivity index (χ3n) is 5.12. The van der Waals surface area contributed by atoms with Crippen LogP contribution >= 0.6 is 0 Å². The number of hydrogen-bond donors (Lipinski definition) is 2. The van der Waals surface area contributed by atoms with Gasteiger partial charge in [0.15, 0.2) is 0 Å². The Hall–Kier alpha value is -3.24. The maximum absolute atomic E-state index is 4.22. The quantitative estimate of drug-likeness (QED) is 0.660. The van der Waals surface area contributed by atoms with E-state index in [0.29, 0.717) is 5.92 Å². The van der Waals surface area contributed by atoms with Gasteiger partial charge in [-0.2, -0.15) is 5.10 Å². The molecule has 2 aromatic heterocycles. The van der Waals surface area contributed by atoms with Crippen molar-refractivity contribution in [2.75, 3.05) is 13.6 Å². The first-order chi connectivity index (χ1) is 13.8. The second kappa shape index (κ2) is 8.63. The summed E-state index contributed by atoms with van der Waals surface area (Å²) in [5.41, 5.74) is 7.35. The van der Waals surface area contributed by atoms with Crippen molar-refractivity contribution in [3.8, 4) is 11.1 Å². The molecule has 1 aromatic carbocycles. The van der Waals surface area contributed by atoms with Crippen molar-refractivity contribution >= 4 is 5.57 Å². The SMILES string of the molecule is CNCC(C1=CC=C(c2cn[nH]c2)C=CC1)c1ccc(-c2cccnc2)cc1. The molecule has 4 heteroatoms. The highest BCUT2D eigenvalue weighted by Gasteiger charge is 2.16. The molecular weight excluding hydrogens is 344 g/mol. The molecule has 2 heterocycles. The minimum Gasteiger partial charge on any atom is -0.319 e. The van der Waals surface area contributed by atoms with E-state index >= 15 is 0 Å². The summed E-state index contributed by atoms with van der Waals surface area (Å²) in [7, 11) is 2.01. The van der Waals surface area contributed by atoms with Crippen LogP contribution in [0.2, 0.25) is 0 Å². The van der Waals surface area contributed by atoms with E-state index in [1.54, 1.807) is 6.20 Å². The molecule has 0 bridgehead atoms. The molecule has 0 radical (unpaired) electrons. The fraction of sp³-hybridized carbons (Fsp3) is 0.167. The Kier molecular flexibility index (Phi) is 5.59. The summed E-state index contributed by atoms with van der Waals surface area (Å²) in [6, 6.07) is 12.9. The molecule has 4 nitrogen and oxygen atoms in total. The highest BCUT2D eigenvalue weighted by Crippen LogP contribution is 2.31. The predicted molar refractivity (Wildman–Crippen MR) is 115 cm³/mol. The molecule has 0 saturated heterocycles. The summed E-state index contributed by atoms with van der Waals surface area (Å²) >= 11 is 0. The molecule has 1 aliphatic rings. The van der Waals surface area contributed by atoms with Crippen LogP contribution in [0.4, 0.5) is 0 Å². The largest absolute Gasteiger partial charge is 0.319 e. The number of H-pyrrole nitrogens is 1. The molecule has 3 aromatic rings. The first-order valence-electron chi connectivity index (χ1n) is 9.56. The number of allylic oxidation sites excluding steroid dienone is 5. The maximum Gasteiger partial charge on any atom is 0.0565 e. The summed E-state index contributed by atoms with van der Waals surface area (Å²) in [6.45, 7) is 0.904. The minimum absolute atomic E-state index is 0.331. The normalized spacial score (nSPS) is 14.9. The van der Waals surface area contributed by atoms with Crippen molar-refractivity contribution in [3.63, 3.8) is 0 Å². The van der Waals surface area contributed by atoms with Crippen molar-refractivity contribution in [2.24, 2.45) is 0 Å². The average molecular weight is 368 g/mol. The molecule has 0 amide bonds. The molecule has 2 N–H and O–H groups in total. The average Bonchev–Trinajstić information content (AvgIpc) is 3.18. The van der Waals surface area contributed by atoms with Crippen LogP contribution in [0.15, 0.2) is 91.1 Å². The maximum atomic E-state index is 4.22. The smallest absolute Gasteiger partial charge is 0.0565 e. The van der Waals surface area contributed by atoms with Crippen molar-refractivity contribution < 1.29 is 0 Å². The first kappa shape index (κ1) is 18.1. The summed E-state index contributed by atoms with van der Waals surface area (Å²) in [6.07, 6.45) is 17.3. The zero-order chi connectivity index (χ0) is 19.2. The van der Waals surface area contributed by atoms with E-state index in [-0.39, 0.29) is 0 Å². The van der Waals surface area contributed by atoms with Crippen LogP contribution in [0, 0.1) is 0 Å². The lowest BCUT2D eigenvalue weighted by molar-refractivity contribution is 0.687. The second-order valence-electron chi connectivity index (χ2n) is 6.93. The minimum atomic E-state index is 0.331. The van der Waals surface area contributed by atoms with Crippen LogP contribution < -0.4 is 5.32 Å². The Morgan fingerprint density at radius 1 is 1.04 bits per heavy atom. The van der Waals surface area contributed by atoms with Crippen LogP contribution in [0.25, 0.3) is 16.7 Å².